The maximum atomic E-state index is 12.2. The summed E-state index contributed by atoms with van der Waals surface area (Å²) in [5.74, 6) is 0.416. The Morgan fingerprint density at radius 2 is 2.05 bits per heavy atom. The quantitative estimate of drug-likeness (QED) is 0.914. The number of aromatic nitrogens is 1. The van der Waals surface area contributed by atoms with Gasteiger partial charge in [0.25, 0.3) is 5.91 Å². The molecule has 0 saturated carbocycles. The molecule has 6 heteroatoms. The normalized spacial score (nSPS) is 12.8. The number of carbonyl (C=O) groups is 1. The molecule has 0 fully saturated rings. The number of ether oxygens (including phenoxy) is 1. The number of halogens is 1. The van der Waals surface area contributed by atoms with Gasteiger partial charge < -0.3 is 10.1 Å². The van der Waals surface area contributed by atoms with Crippen LogP contribution in [0.4, 0.5) is 0 Å². The van der Waals surface area contributed by atoms with Crippen LogP contribution in [0.2, 0.25) is 5.02 Å². The topological polar surface area (TPSA) is 51.2 Å². The predicted octanol–water partition coefficient (Wildman–Crippen LogP) is 3.62. The lowest BCUT2D eigenvalue weighted by Crippen LogP contribution is -2.46. The smallest absolute Gasteiger partial charge is 0.261 e. The molecule has 1 aromatic carbocycles. The molecule has 0 aliphatic carbocycles. The third-order valence-electron chi connectivity index (χ3n) is 2.90. The Kier molecular flexibility index (Phi) is 4.85. The van der Waals surface area contributed by atoms with Crippen LogP contribution in [0.5, 0.6) is 5.75 Å². The molecule has 0 radical (unpaired) electrons. The molecule has 1 N–H and O–H groups in total. The highest BCUT2D eigenvalue weighted by molar-refractivity contribution is 7.09. The van der Waals surface area contributed by atoms with E-state index in [1.165, 1.54) is 11.3 Å². The zero-order chi connectivity index (χ0) is 15.5. The van der Waals surface area contributed by atoms with E-state index in [-0.39, 0.29) is 5.91 Å². The van der Waals surface area contributed by atoms with Crippen molar-refractivity contribution in [3.05, 3.63) is 45.9 Å². The second kappa shape index (κ2) is 6.45. The van der Waals surface area contributed by atoms with Crippen LogP contribution < -0.4 is 10.1 Å². The van der Waals surface area contributed by atoms with Gasteiger partial charge in [-0.25, -0.2) is 4.98 Å². The highest BCUT2D eigenvalue weighted by Crippen LogP contribution is 2.22. The molecule has 1 atom stereocenters. The minimum Gasteiger partial charge on any atom is -0.481 e. The zero-order valence-electron chi connectivity index (χ0n) is 12.1. The van der Waals surface area contributed by atoms with Crippen LogP contribution in [0.25, 0.3) is 0 Å². The lowest BCUT2D eigenvalue weighted by atomic mass is 10.1. The van der Waals surface area contributed by atoms with Gasteiger partial charge in [0.15, 0.2) is 6.10 Å². The highest BCUT2D eigenvalue weighted by atomic mass is 35.5. The van der Waals surface area contributed by atoms with Crippen molar-refractivity contribution in [2.24, 2.45) is 0 Å². The van der Waals surface area contributed by atoms with Crippen molar-refractivity contribution >= 4 is 28.8 Å². The first-order valence-electron chi connectivity index (χ1n) is 6.53. The average molecular weight is 325 g/mol. The third-order valence-corrected chi connectivity index (χ3v) is 4.25. The largest absolute Gasteiger partial charge is 0.481 e. The number of carbonyl (C=O) groups excluding carboxylic acids is 1. The molecule has 4 nitrogen and oxygen atoms in total. The number of hydrogen-bond donors (Lipinski definition) is 1. The van der Waals surface area contributed by atoms with Crippen LogP contribution in [0.1, 0.15) is 25.8 Å². The van der Waals surface area contributed by atoms with Gasteiger partial charge in [0.05, 0.1) is 5.54 Å². The minimum atomic E-state index is -0.606. The molecule has 0 spiro atoms. The third kappa shape index (κ3) is 4.19. The van der Waals surface area contributed by atoms with Gasteiger partial charge in [-0.15, -0.1) is 11.3 Å². The first kappa shape index (κ1) is 15.8. The SMILES string of the molecule is C[C@@H](Oc1ccc(Cl)cc1)C(=O)NC(C)(C)c1nccs1. The zero-order valence-corrected chi connectivity index (χ0v) is 13.7. The summed E-state index contributed by atoms with van der Waals surface area (Å²) in [7, 11) is 0. The Balaban J connectivity index is 1.98. The average Bonchev–Trinajstić information content (AvgIpc) is 2.95. The van der Waals surface area contributed by atoms with Crippen LogP contribution >= 0.6 is 22.9 Å². The number of rotatable bonds is 5. The van der Waals surface area contributed by atoms with Gasteiger partial charge in [-0.1, -0.05) is 11.6 Å². The molecule has 2 aromatic rings. The van der Waals surface area contributed by atoms with E-state index in [1.807, 2.05) is 19.2 Å². The Morgan fingerprint density at radius 1 is 1.38 bits per heavy atom. The summed E-state index contributed by atoms with van der Waals surface area (Å²) >= 11 is 7.32. The van der Waals surface area contributed by atoms with E-state index in [0.717, 1.165) is 5.01 Å². The molecule has 2 rings (SSSR count). The van der Waals surface area contributed by atoms with E-state index in [2.05, 4.69) is 10.3 Å². The fourth-order valence-corrected chi connectivity index (χ4v) is 2.61. The Hall–Kier alpha value is -1.59. The minimum absolute atomic E-state index is 0.190. The lowest BCUT2D eigenvalue weighted by molar-refractivity contribution is -0.129. The molecule has 0 aliphatic heterocycles. The van der Waals surface area contributed by atoms with Crippen molar-refractivity contribution in [3.63, 3.8) is 0 Å². The number of benzene rings is 1. The summed E-state index contributed by atoms with van der Waals surface area (Å²) < 4.78 is 5.61. The standard InChI is InChI=1S/C15H17ClN2O2S/c1-10(20-12-6-4-11(16)5-7-12)13(19)18-15(2,3)14-17-8-9-21-14/h4-10H,1-3H3,(H,18,19)/t10-/m1/s1. The summed E-state index contributed by atoms with van der Waals surface area (Å²) in [4.78, 5) is 16.5. The first-order valence-corrected chi connectivity index (χ1v) is 7.78. The summed E-state index contributed by atoms with van der Waals surface area (Å²) in [6, 6.07) is 6.91. The van der Waals surface area contributed by atoms with Crippen LogP contribution in [0.15, 0.2) is 35.8 Å². The molecule has 0 aliphatic rings. The van der Waals surface area contributed by atoms with Crippen molar-refractivity contribution < 1.29 is 9.53 Å². The summed E-state index contributed by atoms with van der Waals surface area (Å²) in [6.07, 6.45) is 1.12. The highest BCUT2D eigenvalue weighted by Gasteiger charge is 2.28. The molecular weight excluding hydrogens is 308 g/mol. The van der Waals surface area contributed by atoms with Crippen LogP contribution in [-0.2, 0) is 10.3 Å². The second-order valence-corrected chi connectivity index (χ2v) is 6.50. The summed E-state index contributed by atoms with van der Waals surface area (Å²) in [6.45, 7) is 5.54. The van der Waals surface area contributed by atoms with Crippen LogP contribution in [0.3, 0.4) is 0 Å². The molecular formula is C15H17ClN2O2S. The van der Waals surface area contributed by atoms with E-state index in [4.69, 9.17) is 16.3 Å². The fraction of sp³-hybridized carbons (Fsp3) is 0.333. The van der Waals surface area contributed by atoms with E-state index < -0.39 is 11.6 Å². The fourth-order valence-electron chi connectivity index (χ4n) is 1.77. The number of thiazole rings is 1. The van der Waals surface area contributed by atoms with Crippen LogP contribution in [0, 0.1) is 0 Å². The Bertz CT molecular complexity index is 597. The number of nitrogens with one attached hydrogen (secondary N) is 1. The van der Waals surface area contributed by atoms with Gasteiger partial charge in [-0.05, 0) is 45.0 Å². The van der Waals surface area contributed by atoms with Crippen molar-refractivity contribution in [1.82, 2.24) is 10.3 Å². The maximum Gasteiger partial charge on any atom is 0.261 e. The van der Waals surface area contributed by atoms with E-state index in [0.29, 0.717) is 10.8 Å². The summed E-state index contributed by atoms with van der Waals surface area (Å²) in [5, 5.41) is 6.32. The van der Waals surface area contributed by atoms with Gasteiger partial charge in [-0.2, -0.15) is 0 Å². The molecule has 1 heterocycles. The van der Waals surface area contributed by atoms with Gasteiger partial charge in [0.1, 0.15) is 10.8 Å². The molecule has 0 bridgehead atoms. The molecule has 0 saturated heterocycles. The van der Waals surface area contributed by atoms with Gasteiger partial charge >= 0.3 is 0 Å². The van der Waals surface area contributed by atoms with Crippen molar-refractivity contribution in [3.8, 4) is 5.75 Å². The van der Waals surface area contributed by atoms with Crippen molar-refractivity contribution in [1.29, 1.82) is 0 Å². The van der Waals surface area contributed by atoms with Gasteiger partial charge in [-0.3, -0.25) is 4.79 Å². The van der Waals surface area contributed by atoms with Crippen LogP contribution in [-0.4, -0.2) is 17.0 Å². The Labute approximate surface area is 133 Å². The number of amides is 1. The molecule has 112 valence electrons. The molecule has 0 unspecified atom stereocenters. The van der Waals surface area contributed by atoms with Crippen molar-refractivity contribution in [2.75, 3.05) is 0 Å². The maximum absolute atomic E-state index is 12.2. The van der Waals surface area contributed by atoms with Crippen molar-refractivity contribution in [2.45, 2.75) is 32.4 Å². The van der Waals surface area contributed by atoms with E-state index in [9.17, 15) is 4.79 Å². The van der Waals surface area contributed by atoms with E-state index >= 15 is 0 Å². The molecule has 21 heavy (non-hydrogen) atoms. The second-order valence-electron chi connectivity index (χ2n) is 5.17. The first-order chi connectivity index (χ1) is 9.88. The number of nitrogens with zero attached hydrogens (tertiary/aromatic N) is 1. The predicted molar refractivity (Wildman–Crippen MR) is 84.8 cm³/mol. The van der Waals surface area contributed by atoms with E-state index in [1.54, 1.807) is 37.4 Å². The molecule has 1 aromatic heterocycles. The lowest BCUT2D eigenvalue weighted by Gasteiger charge is -2.26. The van der Waals surface area contributed by atoms with Gasteiger partial charge in [0.2, 0.25) is 0 Å². The monoisotopic (exact) mass is 324 g/mol. The molecule has 1 amide bonds. The van der Waals surface area contributed by atoms with Gasteiger partial charge in [0, 0.05) is 16.6 Å². The summed E-state index contributed by atoms with van der Waals surface area (Å²) in [5.41, 5.74) is -0.525. The Morgan fingerprint density at radius 3 is 2.62 bits per heavy atom. The number of hydrogen-bond acceptors (Lipinski definition) is 4.